The zero-order valence-electron chi connectivity index (χ0n) is 16.7. The van der Waals surface area contributed by atoms with Crippen LogP contribution in [0.2, 0.25) is 5.02 Å². The number of amides is 1. The van der Waals surface area contributed by atoms with Crippen LogP contribution in [0.3, 0.4) is 0 Å². The first-order valence-corrected chi connectivity index (χ1v) is 11.9. The minimum Gasteiger partial charge on any atom is -0.324 e. The van der Waals surface area contributed by atoms with Gasteiger partial charge in [0.15, 0.2) is 0 Å². The van der Waals surface area contributed by atoms with Crippen molar-refractivity contribution in [1.29, 1.82) is 0 Å². The largest absolute Gasteiger partial charge is 0.324 e. The van der Waals surface area contributed by atoms with Crippen molar-refractivity contribution < 1.29 is 13.2 Å². The standard InChI is InChI=1S/C20H30ClN3O3S/c1-15-10-16(2)13-23(12-15)14-20(25)22-19-11-17(6-7-18(19)21)28(26,27)24-8-4-3-5-9-24/h6-7,11,15-16H,3-5,8-10,12-14H2,1-2H3,(H,22,25). The molecule has 1 aromatic rings. The van der Waals surface area contributed by atoms with Crippen molar-refractivity contribution in [3.63, 3.8) is 0 Å². The van der Waals surface area contributed by atoms with Gasteiger partial charge in [-0.2, -0.15) is 4.31 Å². The van der Waals surface area contributed by atoms with Crippen molar-refractivity contribution >= 4 is 33.2 Å². The maximum absolute atomic E-state index is 12.9. The maximum atomic E-state index is 12.9. The summed E-state index contributed by atoms with van der Waals surface area (Å²) < 4.78 is 27.3. The Morgan fingerprint density at radius 1 is 1.14 bits per heavy atom. The molecular weight excluding hydrogens is 398 g/mol. The highest BCUT2D eigenvalue weighted by Crippen LogP contribution is 2.28. The monoisotopic (exact) mass is 427 g/mol. The molecule has 1 aromatic carbocycles. The molecule has 8 heteroatoms. The van der Waals surface area contributed by atoms with Gasteiger partial charge in [-0.3, -0.25) is 9.69 Å². The Bertz CT molecular complexity index is 799. The summed E-state index contributed by atoms with van der Waals surface area (Å²) in [4.78, 5) is 14.9. The van der Waals surface area contributed by atoms with E-state index in [9.17, 15) is 13.2 Å². The predicted octanol–water partition coefficient (Wildman–Crippen LogP) is 3.43. The van der Waals surface area contributed by atoms with Crippen LogP contribution in [0.25, 0.3) is 0 Å². The molecule has 2 aliphatic rings. The van der Waals surface area contributed by atoms with Crippen LogP contribution in [0.15, 0.2) is 23.1 Å². The fourth-order valence-corrected chi connectivity index (χ4v) is 6.04. The second kappa shape index (κ2) is 9.11. The molecular formula is C20H30ClN3O3S. The lowest BCUT2D eigenvalue weighted by atomic mass is 9.92. The number of rotatable bonds is 5. The third-order valence-electron chi connectivity index (χ3n) is 5.48. The molecule has 156 valence electrons. The van der Waals surface area contributed by atoms with Crippen molar-refractivity contribution in [3.05, 3.63) is 23.2 Å². The van der Waals surface area contributed by atoms with Crippen LogP contribution in [0, 0.1) is 11.8 Å². The lowest BCUT2D eigenvalue weighted by Crippen LogP contribution is -2.42. The number of likely N-dealkylation sites (tertiary alicyclic amines) is 1. The quantitative estimate of drug-likeness (QED) is 0.781. The summed E-state index contributed by atoms with van der Waals surface area (Å²) in [5.74, 6) is 0.965. The second-order valence-corrected chi connectivity index (χ2v) is 10.6. The number of anilines is 1. The number of hydrogen-bond acceptors (Lipinski definition) is 4. The summed E-state index contributed by atoms with van der Waals surface area (Å²) in [5.41, 5.74) is 0.350. The Labute approximate surface area is 173 Å². The number of sulfonamides is 1. The predicted molar refractivity (Wildman–Crippen MR) is 112 cm³/mol. The Balaban J connectivity index is 1.70. The third kappa shape index (κ3) is 5.26. The van der Waals surface area contributed by atoms with Gasteiger partial charge in [0.05, 0.1) is 22.2 Å². The zero-order valence-corrected chi connectivity index (χ0v) is 18.2. The topological polar surface area (TPSA) is 69.7 Å². The van der Waals surface area contributed by atoms with Crippen molar-refractivity contribution in [2.75, 3.05) is 38.0 Å². The van der Waals surface area contributed by atoms with E-state index in [4.69, 9.17) is 11.6 Å². The van der Waals surface area contributed by atoms with Crippen LogP contribution in [-0.4, -0.2) is 56.3 Å². The van der Waals surface area contributed by atoms with Gasteiger partial charge < -0.3 is 5.32 Å². The molecule has 2 unspecified atom stereocenters. The fourth-order valence-electron chi connectivity index (χ4n) is 4.33. The average molecular weight is 428 g/mol. The Kier molecular flexibility index (Phi) is 7.02. The summed E-state index contributed by atoms with van der Waals surface area (Å²) in [7, 11) is -3.57. The molecule has 2 aliphatic heterocycles. The van der Waals surface area contributed by atoms with Gasteiger partial charge in [0, 0.05) is 26.2 Å². The summed E-state index contributed by atoms with van der Waals surface area (Å²) in [5, 5.41) is 3.15. The van der Waals surface area contributed by atoms with Gasteiger partial charge in [-0.15, -0.1) is 0 Å². The molecule has 2 fully saturated rings. The lowest BCUT2D eigenvalue weighted by Gasteiger charge is -2.34. The molecule has 2 atom stereocenters. The van der Waals surface area contributed by atoms with Crippen molar-refractivity contribution in [1.82, 2.24) is 9.21 Å². The Morgan fingerprint density at radius 3 is 2.43 bits per heavy atom. The van der Waals surface area contributed by atoms with Crippen LogP contribution in [-0.2, 0) is 14.8 Å². The van der Waals surface area contributed by atoms with E-state index in [2.05, 4.69) is 24.1 Å². The Hall–Kier alpha value is -1.15. The van der Waals surface area contributed by atoms with Gasteiger partial charge in [0.1, 0.15) is 0 Å². The van der Waals surface area contributed by atoms with Crippen LogP contribution < -0.4 is 5.32 Å². The number of halogens is 1. The first kappa shape index (κ1) is 21.6. The molecule has 0 saturated carbocycles. The van der Waals surface area contributed by atoms with Crippen LogP contribution in [0.4, 0.5) is 5.69 Å². The smallest absolute Gasteiger partial charge is 0.243 e. The maximum Gasteiger partial charge on any atom is 0.243 e. The van der Waals surface area contributed by atoms with Gasteiger partial charge >= 0.3 is 0 Å². The highest BCUT2D eigenvalue weighted by molar-refractivity contribution is 7.89. The summed E-state index contributed by atoms with van der Waals surface area (Å²) in [6, 6.07) is 4.53. The minimum atomic E-state index is -3.57. The van der Waals surface area contributed by atoms with Crippen LogP contribution in [0.1, 0.15) is 39.5 Å². The molecule has 1 N–H and O–H groups in total. The molecule has 2 saturated heterocycles. The normalized spacial score (nSPS) is 24.8. The molecule has 0 bridgehead atoms. The van der Waals surface area contributed by atoms with Crippen molar-refractivity contribution in [2.24, 2.45) is 11.8 Å². The molecule has 0 spiro atoms. The van der Waals surface area contributed by atoms with E-state index in [0.717, 1.165) is 32.4 Å². The zero-order chi connectivity index (χ0) is 20.3. The minimum absolute atomic E-state index is 0.171. The Morgan fingerprint density at radius 2 is 1.79 bits per heavy atom. The van der Waals surface area contributed by atoms with Gasteiger partial charge in [-0.05, 0) is 49.3 Å². The molecule has 1 amide bonds. The molecule has 0 aromatic heterocycles. The van der Waals surface area contributed by atoms with Crippen LogP contribution in [0.5, 0.6) is 0 Å². The number of benzene rings is 1. The van der Waals surface area contributed by atoms with E-state index in [-0.39, 0.29) is 17.3 Å². The summed E-state index contributed by atoms with van der Waals surface area (Å²) >= 11 is 6.23. The molecule has 6 nitrogen and oxygen atoms in total. The van der Waals surface area contributed by atoms with Gasteiger partial charge in [0.25, 0.3) is 0 Å². The number of nitrogens with zero attached hydrogens (tertiary/aromatic N) is 2. The first-order valence-electron chi connectivity index (χ1n) is 10.1. The number of carbonyl (C=O) groups excluding carboxylic acids is 1. The van der Waals surface area contributed by atoms with Crippen molar-refractivity contribution in [2.45, 2.75) is 44.4 Å². The van der Waals surface area contributed by atoms with E-state index in [1.807, 2.05) is 0 Å². The fraction of sp³-hybridized carbons (Fsp3) is 0.650. The third-order valence-corrected chi connectivity index (χ3v) is 7.70. The number of piperidine rings is 2. The molecule has 28 heavy (non-hydrogen) atoms. The number of hydrogen-bond donors (Lipinski definition) is 1. The van der Waals surface area contributed by atoms with E-state index in [1.165, 1.54) is 22.9 Å². The van der Waals surface area contributed by atoms with Crippen molar-refractivity contribution in [3.8, 4) is 0 Å². The second-order valence-electron chi connectivity index (χ2n) is 8.29. The van der Waals surface area contributed by atoms with Gasteiger partial charge in [0.2, 0.25) is 15.9 Å². The molecule has 0 aliphatic carbocycles. The lowest BCUT2D eigenvalue weighted by molar-refractivity contribution is -0.117. The average Bonchev–Trinajstić information content (AvgIpc) is 2.63. The van der Waals surface area contributed by atoms with Crippen LogP contribution >= 0.6 is 11.6 Å². The highest BCUT2D eigenvalue weighted by Gasteiger charge is 2.27. The summed E-state index contributed by atoms with van der Waals surface area (Å²) in [6.07, 6.45) is 3.99. The first-order chi connectivity index (χ1) is 13.3. The van der Waals surface area contributed by atoms with Gasteiger partial charge in [-0.25, -0.2) is 8.42 Å². The van der Waals surface area contributed by atoms with E-state index in [1.54, 1.807) is 6.07 Å². The summed E-state index contributed by atoms with van der Waals surface area (Å²) in [6.45, 7) is 7.56. The highest BCUT2D eigenvalue weighted by atomic mass is 35.5. The number of carbonyl (C=O) groups is 1. The molecule has 0 radical (unpaired) electrons. The van der Waals surface area contributed by atoms with E-state index >= 15 is 0 Å². The molecule has 3 rings (SSSR count). The number of nitrogens with one attached hydrogen (secondary N) is 1. The van der Waals surface area contributed by atoms with E-state index < -0.39 is 10.0 Å². The van der Waals surface area contributed by atoms with Gasteiger partial charge in [-0.1, -0.05) is 31.9 Å². The molecule has 2 heterocycles. The SMILES string of the molecule is CC1CC(C)CN(CC(=O)Nc2cc(S(=O)(=O)N3CCCCC3)ccc2Cl)C1. The van der Waals surface area contributed by atoms with E-state index in [0.29, 0.717) is 35.6 Å².